The highest BCUT2D eigenvalue weighted by atomic mass is 35.5. The molecule has 84 valence electrons. The lowest BCUT2D eigenvalue weighted by molar-refractivity contribution is 0.508. The van der Waals surface area contributed by atoms with Gasteiger partial charge in [-0.1, -0.05) is 11.6 Å². The number of aromatic nitrogens is 1. The van der Waals surface area contributed by atoms with Crippen molar-refractivity contribution >= 4 is 23.2 Å². The molecule has 1 aromatic carbocycles. The first-order valence-electron chi connectivity index (χ1n) is 4.94. The van der Waals surface area contributed by atoms with E-state index in [9.17, 15) is 0 Å². The summed E-state index contributed by atoms with van der Waals surface area (Å²) in [7, 11) is 0. The zero-order valence-electron chi connectivity index (χ0n) is 9.00. The summed E-state index contributed by atoms with van der Waals surface area (Å²) in [5.74, 6) is 1.24. The Kier molecular flexibility index (Phi) is 3.22. The number of oxazole rings is 1. The molecule has 0 aliphatic heterocycles. The van der Waals surface area contributed by atoms with E-state index in [0.717, 1.165) is 16.1 Å². The number of nitrogens with zero attached hydrogens (tertiary/aromatic N) is 1. The highest BCUT2D eigenvalue weighted by Crippen LogP contribution is 2.28. The van der Waals surface area contributed by atoms with Crippen molar-refractivity contribution in [2.75, 3.05) is 0 Å². The molecular formula is C12H11Cl2NO. The monoisotopic (exact) mass is 255 g/mol. The van der Waals surface area contributed by atoms with Gasteiger partial charge in [0.2, 0.25) is 5.89 Å². The summed E-state index contributed by atoms with van der Waals surface area (Å²) in [5, 5.41) is 0.524. The number of halogens is 2. The van der Waals surface area contributed by atoms with Gasteiger partial charge in [0.15, 0.2) is 5.76 Å². The van der Waals surface area contributed by atoms with Gasteiger partial charge in [-0.2, -0.15) is 0 Å². The average molecular weight is 256 g/mol. The molecule has 16 heavy (non-hydrogen) atoms. The minimum absolute atomic E-state index is 0.220. The zero-order valence-corrected chi connectivity index (χ0v) is 10.5. The second kappa shape index (κ2) is 4.48. The number of rotatable bonds is 2. The molecule has 0 fully saturated rings. The lowest BCUT2D eigenvalue weighted by Gasteiger charge is -2.00. The molecule has 4 heteroatoms. The third kappa shape index (κ3) is 2.23. The van der Waals surface area contributed by atoms with Crippen LogP contribution in [0.2, 0.25) is 5.02 Å². The predicted octanol–water partition coefficient (Wildman–Crippen LogP) is 4.60. The molecule has 0 N–H and O–H groups in total. The van der Waals surface area contributed by atoms with Crippen LogP contribution in [0, 0.1) is 6.92 Å². The number of aryl methyl sites for hydroxylation is 1. The summed E-state index contributed by atoms with van der Waals surface area (Å²) in [6.45, 7) is 3.78. The second-order valence-corrected chi connectivity index (χ2v) is 4.70. The van der Waals surface area contributed by atoms with Crippen LogP contribution in [0.15, 0.2) is 28.8 Å². The molecule has 1 heterocycles. The second-order valence-electron chi connectivity index (χ2n) is 3.64. The van der Waals surface area contributed by atoms with Crippen LogP contribution in [-0.2, 0) is 0 Å². The van der Waals surface area contributed by atoms with Gasteiger partial charge in [-0.3, -0.25) is 0 Å². The van der Waals surface area contributed by atoms with Gasteiger partial charge >= 0.3 is 0 Å². The molecule has 2 nitrogen and oxygen atoms in total. The van der Waals surface area contributed by atoms with E-state index in [0.29, 0.717) is 11.7 Å². The summed E-state index contributed by atoms with van der Waals surface area (Å²) in [6, 6.07) is 5.71. The van der Waals surface area contributed by atoms with Crippen LogP contribution in [0.5, 0.6) is 0 Å². The van der Waals surface area contributed by atoms with Crippen molar-refractivity contribution in [3.05, 3.63) is 40.9 Å². The SMILES string of the molecule is Cc1cc(-c2cnc(C(C)Cl)o2)ccc1Cl. The van der Waals surface area contributed by atoms with Crippen LogP contribution in [0.4, 0.5) is 0 Å². The Morgan fingerprint density at radius 3 is 2.69 bits per heavy atom. The van der Waals surface area contributed by atoms with E-state index in [-0.39, 0.29) is 5.38 Å². The molecule has 0 aliphatic carbocycles. The minimum atomic E-state index is -0.220. The fraction of sp³-hybridized carbons (Fsp3) is 0.250. The summed E-state index contributed by atoms with van der Waals surface area (Å²) in [4.78, 5) is 4.11. The smallest absolute Gasteiger partial charge is 0.212 e. The summed E-state index contributed by atoms with van der Waals surface area (Å²) >= 11 is 11.8. The highest BCUT2D eigenvalue weighted by molar-refractivity contribution is 6.31. The minimum Gasteiger partial charge on any atom is -0.439 e. The van der Waals surface area contributed by atoms with E-state index in [2.05, 4.69) is 4.98 Å². The van der Waals surface area contributed by atoms with Gasteiger partial charge in [-0.15, -0.1) is 11.6 Å². The molecule has 1 unspecified atom stereocenters. The molecule has 0 saturated heterocycles. The molecule has 0 amide bonds. The fourth-order valence-electron chi connectivity index (χ4n) is 1.40. The maximum atomic E-state index is 5.96. The Hall–Kier alpha value is -0.990. The van der Waals surface area contributed by atoms with E-state index in [1.807, 2.05) is 32.0 Å². The molecule has 2 rings (SSSR count). The van der Waals surface area contributed by atoms with Crippen molar-refractivity contribution in [3.63, 3.8) is 0 Å². The van der Waals surface area contributed by atoms with Crippen molar-refractivity contribution in [1.82, 2.24) is 4.98 Å². The standard InChI is InChI=1S/C12H11Cl2NO/c1-7-5-9(3-4-10(7)14)11-6-15-12(16-11)8(2)13/h3-6,8H,1-2H3. The molecular weight excluding hydrogens is 245 g/mol. The Labute approximate surface area is 104 Å². The van der Waals surface area contributed by atoms with Crippen LogP contribution in [-0.4, -0.2) is 4.98 Å². The van der Waals surface area contributed by atoms with Crippen LogP contribution in [0.1, 0.15) is 23.8 Å². The van der Waals surface area contributed by atoms with Crippen molar-refractivity contribution in [3.8, 4) is 11.3 Å². The van der Waals surface area contributed by atoms with Crippen molar-refractivity contribution < 1.29 is 4.42 Å². The third-order valence-corrected chi connectivity index (χ3v) is 2.92. The summed E-state index contributed by atoms with van der Waals surface area (Å²) in [5.41, 5.74) is 1.97. The zero-order chi connectivity index (χ0) is 11.7. The molecule has 0 aliphatic rings. The number of benzene rings is 1. The van der Waals surface area contributed by atoms with Crippen LogP contribution >= 0.6 is 23.2 Å². The van der Waals surface area contributed by atoms with E-state index in [1.165, 1.54) is 0 Å². The Bertz CT molecular complexity index is 505. The first-order valence-corrected chi connectivity index (χ1v) is 5.75. The van der Waals surface area contributed by atoms with Gasteiger partial charge in [0, 0.05) is 10.6 Å². The third-order valence-electron chi connectivity index (χ3n) is 2.31. The number of hydrogen-bond donors (Lipinski definition) is 0. The lowest BCUT2D eigenvalue weighted by atomic mass is 10.1. The van der Waals surface area contributed by atoms with Crippen LogP contribution in [0.3, 0.4) is 0 Å². The average Bonchev–Trinajstić information content (AvgIpc) is 2.71. The summed E-state index contributed by atoms with van der Waals surface area (Å²) < 4.78 is 5.54. The lowest BCUT2D eigenvalue weighted by Crippen LogP contribution is -1.81. The molecule has 0 spiro atoms. The maximum Gasteiger partial charge on any atom is 0.212 e. The van der Waals surface area contributed by atoms with E-state index in [4.69, 9.17) is 27.6 Å². The van der Waals surface area contributed by atoms with Crippen molar-refractivity contribution in [1.29, 1.82) is 0 Å². The molecule has 0 saturated carbocycles. The van der Waals surface area contributed by atoms with E-state index < -0.39 is 0 Å². The van der Waals surface area contributed by atoms with Gasteiger partial charge in [0.05, 0.1) is 6.20 Å². The number of hydrogen-bond acceptors (Lipinski definition) is 2. The van der Waals surface area contributed by atoms with Crippen LogP contribution < -0.4 is 0 Å². The quantitative estimate of drug-likeness (QED) is 0.733. The Balaban J connectivity index is 2.39. The predicted molar refractivity (Wildman–Crippen MR) is 66.0 cm³/mol. The van der Waals surface area contributed by atoms with Gasteiger partial charge in [0.25, 0.3) is 0 Å². The van der Waals surface area contributed by atoms with Gasteiger partial charge in [0.1, 0.15) is 5.38 Å². The highest BCUT2D eigenvalue weighted by Gasteiger charge is 2.11. The van der Waals surface area contributed by atoms with Crippen LogP contribution in [0.25, 0.3) is 11.3 Å². The fourth-order valence-corrected chi connectivity index (χ4v) is 1.62. The van der Waals surface area contributed by atoms with Gasteiger partial charge < -0.3 is 4.42 Å². The first-order chi connectivity index (χ1) is 7.58. The molecule has 2 aromatic rings. The number of alkyl halides is 1. The topological polar surface area (TPSA) is 26.0 Å². The largest absolute Gasteiger partial charge is 0.439 e. The molecule has 1 atom stereocenters. The van der Waals surface area contributed by atoms with Gasteiger partial charge in [-0.25, -0.2) is 4.98 Å². The molecule has 0 bridgehead atoms. The van der Waals surface area contributed by atoms with Gasteiger partial charge in [-0.05, 0) is 37.6 Å². The van der Waals surface area contributed by atoms with E-state index >= 15 is 0 Å². The molecule has 0 radical (unpaired) electrons. The van der Waals surface area contributed by atoms with E-state index in [1.54, 1.807) is 6.20 Å². The molecule has 1 aromatic heterocycles. The Morgan fingerprint density at radius 1 is 1.38 bits per heavy atom. The summed E-state index contributed by atoms with van der Waals surface area (Å²) in [6.07, 6.45) is 1.68. The normalized spacial score (nSPS) is 12.8. The Morgan fingerprint density at radius 2 is 2.12 bits per heavy atom. The van der Waals surface area contributed by atoms with Crippen molar-refractivity contribution in [2.45, 2.75) is 19.2 Å². The first kappa shape index (κ1) is 11.5. The maximum absolute atomic E-state index is 5.96. The van der Waals surface area contributed by atoms with Crippen molar-refractivity contribution in [2.24, 2.45) is 0 Å².